The minimum Gasteiger partial charge on any atom is -0.461 e. The van der Waals surface area contributed by atoms with Crippen molar-refractivity contribution in [2.24, 2.45) is 5.92 Å². The molecule has 0 saturated carbocycles. The Kier molecular flexibility index (Phi) is 8.89. The van der Waals surface area contributed by atoms with Crippen molar-refractivity contribution in [1.29, 1.82) is 0 Å². The van der Waals surface area contributed by atoms with E-state index >= 15 is 0 Å². The van der Waals surface area contributed by atoms with E-state index in [1.165, 1.54) is 16.7 Å². The predicted molar refractivity (Wildman–Crippen MR) is 134 cm³/mol. The van der Waals surface area contributed by atoms with Crippen LogP contribution >= 0.6 is 0 Å². The third-order valence-corrected chi connectivity index (χ3v) is 6.56. The maximum Gasteiger partial charge on any atom is 0.306 e. The largest absolute Gasteiger partial charge is 0.461 e. The minimum atomic E-state index is -1.03. The summed E-state index contributed by atoms with van der Waals surface area (Å²) in [5.41, 5.74) is 5.42. The molecule has 4 atom stereocenters. The zero-order valence-electron chi connectivity index (χ0n) is 21.6. The SMILES string of the molecule is CCCC(=O)OCC1=C[C@@]2(C=C(C)C[C@H](C=C(C)CCC=C(C)C)O2)O[C@H]2C=C(C)C(=O)C[C@@H]12. The fourth-order valence-corrected chi connectivity index (χ4v) is 4.84. The monoisotopic (exact) mass is 468 g/mol. The Balaban J connectivity index is 1.87. The predicted octanol–water partition coefficient (Wildman–Crippen LogP) is 6.31. The summed E-state index contributed by atoms with van der Waals surface area (Å²) < 4.78 is 18.7. The maximum absolute atomic E-state index is 12.4. The summed E-state index contributed by atoms with van der Waals surface area (Å²) >= 11 is 0. The molecule has 1 aliphatic carbocycles. The molecule has 0 fully saturated rings. The van der Waals surface area contributed by atoms with Crippen LogP contribution < -0.4 is 0 Å². The van der Waals surface area contributed by atoms with Crippen molar-refractivity contribution >= 4 is 11.8 Å². The van der Waals surface area contributed by atoms with Crippen LogP contribution in [0.2, 0.25) is 0 Å². The first kappa shape index (κ1) is 26.4. The number of ketones is 1. The van der Waals surface area contributed by atoms with Crippen LogP contribution in [0.5, 0.6) is 0 Å². The van der Waals surface area contributed by atoms with Crippen LogP contribution in [0.25, 0.3) is 0 Å². The van der Waals surface area contributed by atoms with Gasteiger partial charge in [0.2, 0.25) is 5.79 Å². The van der Waals surface area contributed by atoms with E-state index in [9.17, 15) is 9.59 Å². The smallest absolute Gasteiger partial charge is 0.306 e. The number of ether oxygens (including phenoxy) is 3. The molecule has 0 aromatic carbocycles. The van der Waals surface area contributed by atoms with E-state index in [2.05, 4.69) is 39.8 Å². The number of esters is 1. The Morgan fingerprint density at radius 2 is 1.91 bits per heavy atom. The maximum atomic E-state index is 12.4. The van der Waals surface area contributed by atoms with Gasteiger partial charge in [-0.25, -0.2) is 0 Å². The van der Waals surface area contributed by atoms with E-state index in [4.69, 9.17) is 14.2 Å². The molecule has 0 radical (unpaired) electrons. The van der Waals surface area contributed by atoms with Gasteiger partial charge in [-0.3, -0.25) is 9.59 Å². The lowest BCUT2D eigenvalue weighted by Gasteiger charge is -2.45. The zero-order valence-corrected chi connectivity index (χ0v) is 21.6. The van der Waals surface area contributed by atoms with Gasteiger partial charge in [0.05, 0.1) is 12.2 Å². The van der Waals surface area contributed by atoms with Gasteiger partial charge in [-0.1, -0.05) is 35.8 Å². The van der Waals surface area contributed by atoms with Gasteiger partial charge < -0.3 is 14.2 Å². The molecule has 3 rings (SSSR count). The Bertz CT molecular complexity index is 944. The standard InChI is InChI=1S/C29H40O5/c1-7-9-28(31)32-18-23-17-29(34-27-14-22(6)26(30)15-25(23)27)16-21(5)13-24(33-29)12-20(4)11-8-10-19(2)3/h10,12,14,16-17,24-25,27H,7-9,11,13,15,18H2,1-6H3/t24-,25-,27-,29+/m0/s1. The molecule has 5 heteroatoms. The molecule has 0 unspecified atom stereocenters. The van der Waals surface area contributed by atoms with Crippen LogP contribution in [0.3, 0.4) is 0 Å². The topological polar surface area (TPSA) is 61.8 Å². The Morgan fingerprint density at radius 1 is 1.15 bits per heavy atom. The molecule has 0 bridgehead atoms. The highest BCUT2D eigenvalue weighted by molar-refractivity contribution is 5.96. The van der Waals surface area contributed by atoms with Crippen molar-refractivity contribution in [3.8, 4) is 0 Å². The number of allylic oxidation sites excluding steroid dienone is 4. The third-order valence-electron chi connectivity index (χ3n) is 6.56. The van der Waals surface area contributed by atoms with Crippen LogP contribution in [-0.4, -0.2) is 36.4 Å². The first-order chi connectivity index (χ1) is 16.1. The van der Waals surface area contributed by atoms with Crippen molar-refractivity contribution in [3.63, 3.8) is 0 Å². The average molecular weight is 469 g/mol. The summed E-state index contributed by atoms with van der Waals surface area (Å²) in [6.45, 7) is 12.4. The summed E-state index contributed by atoms with van der Waals surface area (Å²) in [6, 6.07) is 0. The van der Waals surface area contributed by atoms with Gasteiger partial charge in [-0.05, 0) is 89.7 Å². The average Bonchev–Trinajstić information content (AvgIpc) is 2.72. The number of carbonyl (C=O) groups is 2. The van der Waals surface area contributed by atoms with Gasteiger partial charge in [-0.15, -0.1) is 0 Å². The van der Waals surface area contributed by atoms with Crippen LogP contribution in [0, 0.1) is 5.92 Å². The first-order valence-electron chi connectivity index (χ1n) is 12.5. The minimum absolute atomic E-state index is 0.107. The Morgan fingerprint density at radius 3 is 2.62 bits per heavy atom. The number of hydrogen-bond acceptors (Lipinski definition) is 5. The highest BCUT2D eigenvalue weighted by Crippen LogP contribution is 2.42. The summed E-state index contributed by atoms with van der Waals surface area (Å²) in [6.07, 6.45) is 14.2. The molecule has 0 N–H and O–H groups in total. The normalized spacial score (nSPS) is 29.1. The third kappa shape index (κ3) is 6.89. The second kappa shape index (κ2) is 11.5. The molecule has 0 aromatic heterocycles. The summed E-state index contributed by atoms with van der Waals surface area (Å²) in [7, 11) is 0. The number of Topliss-reactive ketones (excluding diaryl/α,β-unsaturated/α-hetero) is 1. The van der Waals surface area contributed by atoms with Crippen molar-refractivity contribution in [1.82, 2.24) is 0 Å². The van der Waals surface area contributed by atoms with Gasteiger partial charge in [0.25, 0.3) is 0 Å². The summed E-state index contributed by atoms with van der Waals surface area (Å²) in [4.78, 5) is 24.5. The van der Waals surface area contributed by atoms with Gasteiger partial charge in [-0.2, -0.15) is 0 Å². The number of carbonyl (C=O) groups excluding carboxylic acids is 2. The van der Waals surface area contributed by atoms with E-state index in [-0.39, 0.29) is 36.5 Å². The molecule has 2 heterocycles. The van der Waals surface area contributed by atoms with Crippen molar-refractivity contribution in [2.75, 3.05) is 6.61 Å². The van der Waals surface area contributed by atoms with Gasteiger partial charge in [0, 0.05) is 18.8 Å². The summed E-state index contributed by atoms with van der Waals surface area (Å²) in [5.74, 6) is -1.29. The molecular weight excluding hydrogens is 428 g/mol. The van der Waals surface area contributed by atoms with Crippen LogP contribution in [-0.2, 0) is 23.8 Å². The molecule has 3 aliphatic rings. The quantitative estimate of drug-likeness (QED) is 0.308. The van der Waals surface area contributed by atoms with Gasteiger partial charge >= 0.3 is 5.97 Å². The lowest BCUT2D eigenvalue weighted by Crippen LogP contribution is -2.49. The number of rotatable bonds is 8. The van der Waals surface area contributed by atoms with Crippen LogP contribution in [0.1, 0.15) is 80.1 Å². The second-order valence-corrected chi connectivity index (χ2v) is 10.2. The van der Waals surface area contributed by atoms with Gasteiger partial charge in [0.1, 0.15) is 6.61 Å². The Labute approximate surface area is 204 Å². The van der Waals surface area contributed by atoms with Crippen molar-refractivity contribution < 1.29 is 23.8 Å². The zero-order chi connectivity index (χ0) is 24.9. The molecule has 0 aromatic rings. The lowest BCUT2D eigenvalue weighted by atomic mass is 9.79. The lowest BCUT2D eigenvalue weighted by molar-refractivity contribution is -0.225. The van der Waals surface area contributed by atoms with E-state index in [0.717, 1.165) is 31.3 Å². The van der Waals surface area contributed by atoms with Crippen LogP contribution in [0.15, 0.2) is 58.2 Å². The fourth-order valence-electron chi connectivity index (χ4n) is 4.84. The van der Waals surface area contributed by atoms with Gasteiger partial charge in [0.15, 0.2) is 5.78 Å². The van der Waals surface area contributed by atoms with Crippen molar-refractivity contribution in [2.45, 2.75) is 98.1 Å². The van der Waals surface area contributed by atoms with E-state index < -0.39 is 5.79 Å². The second-order valence-electron chi connectivity index (χ2n) is 10.2. The van der Waals surface area contributed by atoms with Crippen molar-refractivity contribution in [3.05, 3.63) is 58.2 Å². The summed E-state index contributed by atoms with van der Waals surface area (Å²) in [5, 5.41) is 0. The van der Waals surface area contributed by atoms with Crippen LogP contribution in [0.4, 0.5) is 0 Å². The molecule has 1 spiro atoms. The molecule has 0 amide bonds. The molecule has 186 valence electrons. The van der Waals surface area contributed by atoms with E-state index in [1.54, 1.807) is 0 Å². The molecule has 5 nitrogen and oxygen atoms in total. The highest BCUT2D eigenvalue weighted by atomic mass is 16.7. The molecule has 0 saturated heterocycles. The molecule has 34 heavy (non-hydrogen) atoms. The molecule has 2 aliphatic heterocycles. The number of fused-ring (bicyclic) bond motifs is 1. The number of hydrogen-bond donors (Lipinski definition) is 0. The Hall–Kier alpha value is -2.24. The highest BCUT2D eigenvalue weighted by Gasteiger charge is 2.45. The van der Waals surface area contributed by atoms with E-state index in [1.807, 2.05) is 32.1 Å². The first-order valence-corrected chi connectivity index (χ1v) is 12.5. The fraction of sp³-hybridized carbons (Fsp3) is 0.586. The molecular formula is C29H40O5. The van der Waals surface area contributed by atoms with E-state index in [0.29, 0.717) is 18.4 Å².